The molecule has 0 spiro atoms. The van der Waals surface area contributed by atoms with Crippen molar-refractivity contribution < 1.29 is 0 Å². The zero-order chi connectivity index (χ0) is 7.28. The van der Waals surface area contributed by atoms with Crippen LogP contribution in [0.15, 0.2) is 24.3 Å². The first-order valence-electron chi connectivity index (χ1n) is 3.05. The van der Waals surface area contributed by atoms with Crippen molar-refractivity contribution in [2.75, 3.05) is 0 Å². The molecule has 0 aromatic carbocycles. The molecule has 0 saturated heterocycles. The van der Waals surface area contributed by atoms with Gasteiger partial charge < -0.3 is 5.41 Å². The minimum atomic E-state index is 0.476. The molecule has 0 radical (unpaired) electrons. The molecule has 0 aromatic rings. The number of nitrogens with one attached hydrogen (secondary N) is 1. The van der Waals surface area contributed by atoms with Gasteiger partial charge >= 0.3 is 0 Å². The highest BCUT2D eigenvalue weighted by molar-refractivity contribution is 5.69. The van der Waals surface area contributed by atoms with Crippen LogP contribution < -0.4 is 0 Å². The summed E-state index contributed by atoms with van der Waals surface area (Å²) < 4.78 is 0. The highest BCUT2D eigenvalue weighted by atomic mass is 14.3. The van der Waals surface area contributed by atoms with Gasteiger partial charge in [0.05, 0.1) is 0 Å². The van der Waals surface area contributed by atoms with Gasteiger partial charge in [-0.3, -0.25) is 0 Å². The van der Waals surface area contributed by atoms with E-state index < -0.39 is 0 Å². The summed E-state index contributed by atoms with van der Waals surface area (Å²) in [6.07, 6.45) is 4.84. The fraction of sp³-hybridized carbons (Fsp3) is 0.375. The van der Waals surface area contributed by atoms with Crippen LogP contribution in [0.25, 0.3) is 0 Å². The molecular formula is C8H13N. The quantitative estimate of drug-likeness (QED) is 0.440. The maximum absolute atomic E-state index is 6.78. The van der Waals surface area contributed by atoms with Crippen molar-refractivity contribution in [3.8, 4) is 0 Å². The van der Waals surface area contributed by atoms with Gasteiger partial charge in [0.1, 0.15) is 0 Å². The van der Waals surface area contributed by atoms with Crippen molar-refractivity contribution in [3.05, 3.63) is 24.3 Å². The second kappa shape index (κ2) is 4.07. The van der Waals surface area contributed by atoms with Gasteiger partial charge in [0.2, 0.25) is 0 Å². The van der Waals surface area contributed by atoms with Gasteiger partial charge in [0, 0.05) is 6.21 Å². The van der Waals surface area contributed by atoms with Gasteiger partial charge in [0.25, 0.3) is 0 Å². The summed E-state index contributed by atoms with van der Waals surface area (Å²) in [5.74, 6) is 0.476. The lowest BCUT2D eigenvalue weighted by molar-refractivity contribution is 0.793. The summed E-state index contributed by atoms with van der Waals surface area (Å²) in [6, 6.07) is 0. The van der Waals surface area contributed by atoms with Crippen LogP contribution in [0.1, 0.15) is 13.8 Å². The molecule has 0 aliphatic carbocycles. The normalized spacial score (nSPS) is 11.7. The summed E-state index contributed by atoms with van der Waals surface area (Å²) in [7, 11) is 0. The average Bonchev–Trinajstić information content (AvgIpc) is 1.82. The molecule has 0 aliphatic heterocycles. The summed E-state index contributed by atoms with van der Waals surface area (Å²) in [6.45, 7) is 7.79. The summed E-state index contributed by atoms with van der Waals surface area (Å²) in [5, 5.41) is 6.78. The van der Waals surface area contributed by atoms with Gasteiger partial charge in [-0.1, -0.05) is 26.5 Å². The molecule has 9 heavy (non-hydrogen) atoms. The number of hydrogen-bond donors (Lipinski definition) is 1. The van der Waals surface area contributed by atoms with Gasteiger partial charge in [0.15, 0.2) is 0 Å². The topological polar surface area (TPSA) is 23.9 Å². The summed E-state index contributed by atoms with van der Waals surface area (Å²) in [4.78, 5) is 0. The fourth-order valence-corrected chi connectivity index (χ4v) is 0.592. The SMILES string of the molecule is C=C/C(=C\C=N)C(C)C. The van der Waals surface area contributed by atoms with Crippen molar-refractivity contribution in [1.82, 2.24) is 0 Å². The van der Waals surface area contributed by atoms with Crippen LogP contribution >= 0.6 is 0 Å². The van der Waals surface area contributed by atoms with Gasteiger partial charge in [-0.15, -0.1) is 0 Å². The molecule has 0 aromatic heterocycles. The number of rotatable bonds is 3. The van der Waals surface area contributed by atoms with Crippen LogP contribution in [0.2, 0.25) is 0 Å². The van der Waals surface area contributed by atoms with Crippen molar-refractivity contribution in [1.29, 1.82) is 5.41 Å². The van der Waals surface area contributed by atoms with Crippen molar-refractivity contribution in [3.63, 3.8) is 0 Å². The van der Waals surface area contributed by atoms with Crippen LogP contribution in [0, 0.1) is 11.3 Å². The van der Waals surface area contributed by atoms with E-state index in [0.29, 0.717) is 5.92 Å². The average molecular weight is 123 g/mol. The highest BCUT2D eigenvalue weighted by Gasteiger charge is 1.94. The Kier molecular flexibility index (Phi) is 3.69. The predicted molar refractivity (Wildman–Crippen MR) is 41.9 cm³/mol. The Morgan fingerprint density at radius 1 is 1.56 bits per heavy atom. The lowest BCUT2D eigenvalue weighted by Crippen LogP contribution is -1.89. The van der Waals surface area contributed by atoms with Crippen molar-refractivity contribution >= 4 is 6.21 Å². The molecule has 1 N–H and O–H groups in total. The molecule has 0 bridgehead atoms. The predicted octanol–water partition coefficient (Wildman–Crippen LogP) is 2.40. The molecule has 0 saturated carbocycles. The molecule has 0 rings (SSSR count). The Hall–Kier alpha value is -0.850. The molecule has 0 amide bonds. The lowest BCUT2D eigenvalue weighted by atomic mass is 10.0. The largest absolute Gasteiger partial charge is 0.309 e. The maximum atomic E-state index is 6.78. The van der Waals surface area contributed by atoms with Crippen molar-refractivity contribution in [2.45, 2.75) is 13.8 Å². The van der Waals surface area contributed by atoms with E-state index in [-0.39, 0.29) is 0 Å². The first kappa shape index (κ1) is 8.15. The molecule has 50 valence electrons. The van der Waals surface area contributed by atoms with Gasteiger partial charge in [-0.05, 0) is 17.6 Å². The Bertz CT molecular complexity index is 132. The second-order valence-electron chi connectivity index (χ2n) is 2.19. The molecule has 1 heteroatoms. The summed E-state index contributed by atoms with van der Waals surface area (Å²) >= 11 is 0. The molecule has 0 unspecified atom stereocenters. The van der Waals surface area contributed by atoms with E-state index in [1.807, 2.05) is 0 Å². The van der Waals surface area contributed by atoms with Gasteiger partial charge in [-0.25, -0.2) is 0 Å². The Morgan fingerprint density at radius 2 is 2.11 bits per heavy atom. The maximum Gasteiger partial charge on any atom is 0.0180 e. The van der Waals surface area contributed by atoms with Crippen LogP contribution in [0.4, 0.5) is 0 Å². The molecule has 0 atom stereocenters. The highest BCUT2D eigenvalue weighted by Crippen LogP contribution is 2.08. The standard InChI is InChI=1S/C8H13N/c1-4-8(5-6-9)7(2)3/h4-7,9H,1H2,2-3H3/b8-5+,9-6?. The van der Waals surface area contributed by atoms with E-state index >= 15 is 0 Å². The Morgan fingerprint density at radius 3 is 2.22 bits per heavy atom. The molecule has 0 aliphatic rings. The monoisotopic (exact) mass is 123 g/mol. The Labute approximate surface area is 56.6 Å². The van der Waals surface area contributed by atoms with Crippen LogP contribution in [-0.4, -0.2) is 6.21 Å². The van der Waals surface area contributed by atoms with E-state index in [0.717, 1.165) is 5.57 Å². The first-order chi connectivity index (χ1) is 4.22. The van der Waals surface area contributed by atoms with E-state index in [2.05, 4.69) is 20.4 Å². The van der Waals surface area contributed by atoms with E-state index in [1.165, 1.54) is 6.21 Å². The van der Waals surface area contributed by atoms with Gasteiger partial charge in [-0.2, -0.15) is 0 Å². The van der Waals surface area contributed by atoms with Crippen LogP contribution in [-0.2, 0) is 0 Å². The smallest absolute Gasteiger partial charge is 0.0180 e. The zero-order valence-electron chi connectivity index (χ0n) is 6.02. The van der Waals surface area contributed by atoms with Crippen LogP contribution in [0.3, 0.4) is 0 Å². The molecule has 0 fully saturated rings. The minimum Gasteiger partial charge on any atom is -0.309 e. The minimum absolute atomic E-state index is 0.476. The fourth-order valence-electron chi connectivity index (χ4n) is 0.592. The lowest BCUT2D eigenvalue weighted by Gasteiger charge is -2.02. The van der Waals surface area contributed by atoms with Crippen molar-refractivity contribution in [2.24, 2.45) is 5.92 Å². The third kappa shape index (κ3) is 2.85. The number of allylic oxidation sites excluding steroid dienone is 3. The molecule has 0 heterocycles. The van der Waals surface area contributed by atoms with Crippen LogP contribution in [0.5, 0.6) is 0 Å². The van der Waals surface area contributed by atoms with E-state index in [1.54, 1.807) is 12.2 Å². The Balaban J connectivity index is 4.13. The molecular weight excluding hydrogens is 110 g/mol. The third-order valence-corrected chi connectivity index (χ3v) is 1.18. The first-order valence-corrected chi connectivity index (χ1v) is 3.05. The van der Waals surface area contributed by atoms with E-state index in [9.17, 15) is 0 Å². The second-order valence-corrected chi connectivity index (χ2v) is 2.19. The third-order valence-electron chi connectivity index (χ3n) is 1.18. The zero-order valence-corrected chi connectivity index (χ0v) is 6.02. The number of hydrogen-bond acceptors (Lipinski definition) is 1. The molecule has 1 nitrogen and oxygen atoms in total. The summed E-state index contributed by atoms with van der Waals surface area (Å²) in [5.41, 5.74) is 1.12. The van der Waals surface area contributed by atoms with E-state index in [4.69, 9.17) is 5.41 Å².